The van der Waals surface area contributed by atoms with E-state index >= 15 is 0 Å². The third-order valence-electron chi connectivity index (χ3n) is 3.36. The molecule has 18 heavy (non-hydrogen) atoms. The van der Waals surface area contributed by atoms with Crippen LogP contribution in [0.2, 0.25) is 0 Å². The van der Waals surface area contributed by atoms with Crippen LogP contribution in [0.1, 0.15) is 19.0 Å². The molecule has 2 rings (SSSR count). The van der Waals surface area contributed by atoms with Gasteiger partial charge in [0.15, 0.2) is 0 Å². The van der Waals surface area contributed by atoms with Gasteiger partial charge in [-0.25, -0.2) is 10.8 Å². The second-order valence-electron chi connectivity index (χ2n) is 4.93. The number of hydrogen-bond donors (Lipinski definition) is 3. The van der Waals surface area contributed by atoms with E-state index in [0.29, 0.717) is 12.5 Å². The van der Waals surface area contributed by atoms with E-state index in [1.807, 2.05) is 24.8 Å². The number of aromatic nitrogens is 2. The molecule has 0 spiro atoms. The molecule has 2 heterocycles. The molecule has 1 aromatic heterocycles. The van der Waals surface area contributed by atoms with Gasteiger partial charge in [-0.05, 0) is 20.3 Å². The monoisotopic (exact) mass is 250 g/mol. The molecule has 1 aliphatic rings. The molecule has 5 N–H and O–H groups in total. The normalized spacial score (nSPS) is 23.2. The number of anilines is 2. The SMILES string of the molecule is Cc1cc(N2CCC(C)(C(N)=O)C2)nc(NN)n1. The topological polar surface area (TPSA) is 110 Å². The highest BCUT2D eigenvalue weighted by molar-refractivity contribution is 5.82. The van der Waals surface area contributed by atoms with Gasteiger partial charge in [-0.3, -0.25) is 10.2 Å². The molecule has 1 aromatic rings. The number of hydrogen-bond acceptors (Lipinski definition) is 6. The maximum atomic E-state index is 11.4. The molecule has 1 saturated heterocycles. The Labute approximate surface area is 106 Å². The molecular weight excluding hydrogens is 232 g/mol. The summed E-state index contributed by atoms with van der Waals surface area (Å²) in [5.41, 5.74) is 8.19. The molecule has 1 aliphatic heterocycles. The first kappa shape index (κ1) is 12.6. The van der Waals surface area contributed by atoms with Gasteiger partial charge in [0.2, 0.25) is 11.9 Å². The highest BCUT2D eigenvalue weighted by atomic mass is 16.1. The first-order chi connectivity index (χ1) is 8.44. The van der Waals surface area contributed by atoms with Gasteiger partial charge in [0, 0.05) is 24.8 Å². The van der Waals surface area contributed by atoms with Gasteiger partial charge in [-0.1, -0.05) is 0 Å². The molecule has 7 nitrogen and oxygen atoms in total. The van der Waals surface area contributed by atoms with Crippen LogP contribution in [0.3, 0.4) is 0 Å². The molecule has 1 unspecified atom stereocenters. The summed E-state index contributed by atoms with van der Waals surface area (Å²) in [7, 11) is 0. The van der Waals surface area contributed by atoms with Crippen LogP contribution in [0.4, 0.5) is 11.8 Å². The number of amides is 1. The van der Waals surface area contributed by atoms with Gasteiger partial charge >= 0.3 is 0 Å². The predicted octanol–water partition coefficient (Wildman–Crippen LogP) is -0.228. The standard InChI is InChI=1S/C11H18N6O/c1-7-5-8(15-10(14-7)16-13)17-4-3-11(2,6-17)9(12)18/h5H,3-4,6,13H2,1-2H3,(H2,12,18)(H,14,15,16). The minimum atomic E-state index is -0.491. The van der Waals surface area contributed by atoms with E-state index < -0.39 is 5.41 Å². The van der Waals surface area contributed by atoms with E-state index in [0.717, 1.165) is 24.5 Å². The van der Waals surface area contributed by atoms with Gasteiger partial charge in [0.25, 0.3) is 0 Å². The number of primary amides is 1. The Hall–Kier alpha value is -1.89. The van der Waals surface area contributed by atoms with Gasteiger partial charge < -0.3 is 10.6 Å². The lowest BCUT2D eigenvalue weighted by Crippen LogP contribution is -2.37. The lowest BCUT2D eigenvalue weighted by molar-refractivity contribution is -0.125. The third kappa shape index (κ3) is 2.21. The van der Waals surface area contributed by atoms with Crippen molar-refractivity contribution in [1.82, 2.24) is 9.97 Å². The predicted molar refractivity (Wildman–Crippen MR) is 68.7 cm³/mol. The third-order valence-corrected chi connectivity index (χ3v) is 3.36. The van der Waals surface area contributed by atoms with Crippen LogP contribution in [0.5, 0.6) is 0 Å². The zero-order valence-electron chi connectivity index (χ0n) is 10.6. The maximum Gasteiger partial charge on any atom is 0.239 e. The van der Waals surface area contributed by atoms with Crippen molar-refractivity contribution in [3.05, 3.63) is 11.8 Å². The van der Waals surface area contributed by atoms with Crippen LogP contribution in [-0.2, 0) is 4.79 Å². The fourth-order valence-electron chi connectivity index (χ4n) is 2.14. The molecule has 0 saturated carbocycles. The summed E-state index contributed by atoms with van der Waals surface area (Å²) < 4.78 is 0. The van der Waals surface area contributed by atoms with E-state index in [2.05, 4.69) is 15.4 Å². The van der Waals surface area contributed by atoms with Crippen LogP contribution >= 0.6 is 0 Å². The van der Waals surface area contributed by atoms with Gasteiger partial charge in [0.05, 0.1) is 5.41 Å². The Bertz CT molecular complexity index is 477. The number of rotatable bonds is 3. The average Bonchev–Trinajstić information content (AvgIpc) is 2.72. The molecule has 98 valence electrons. The van der Waals surface area contributed by atoms with Gasteiger partial charge in [0.1, 0.15) is 5.82 Å². The number of carbonyl (C=O) groups excluding carboxylic acids is 1. The minimum absolute atomic E-state index is 0.270. The number of nitrogens with one attached hydrogen (secondary N) is 1. The van der Waals surface area contributed by atoms with Crippen molar-refractivity contribution in [3.63, 3.8) is 0 Å². The van der Waals surface area contributed by atoms with Crippen LogP contribution < -0.4 is 21.9 Å². The lowest BCUT2D eigenvalue weighted by Gasteiger charge is -2.22. The van der Waals surface area contributed by atoms with E-state index in [4.69, 9.17) is 11.6 Å². The Kier molecular flexibility index (Phi) is 3.08. The Morgan fingerprint density at radius 1 is 1.56 bits per heavy atom. The summed E-state index contributed by atoms with van der Waals surface area (Å²) in [6.45, 7) is 5.07. The highest BCUT2D eigenvalue weighted by Gasteiger charge is 2.39. The van der Waals surface area contributed by atoms with Crippen molar-refractivity contribution >= 4 is 17.7 Å². The summed E-state index contributed by atoms with van der Waals surface area (Å²) in [4.78, 5) is 21.9. The fourth-order valence-corrected chi connectivity index (χ4v) is 2.14. The first-order valence-corrected chi connectivity index (χ1v) is 5.82. The summed E-state index contributed by atoms with van der Waals surface area (Å²) in [5.74, 6) is 6.19. The van der Waals surface area contributed by atoms with Gasteiger partial charge in [-0.15, -0.1) is 0 Å². The zero-order chi connectivity index (χ0) is 13.3. The Morgan fingerprint density at radius 3 is 2.83 bits per heavy atom. The summed E-state index contributed by atoms with van der Waals surface area (Å²) in [5, 5.41) is 0. The first-order valence-electron chi connectivity index (χ1n) is 5.82. The average molecular weight is 250 g/mol. The molecule has 7 heteroatoms. The quantitative estimate of drug-likeness (QED) is 0.505. The fraction of sp³-hybridized carbons (Fsp3) is 0.545. The van der Waals surface area contributed by atoms with E-state index in [1.165, 1.54) is 0 Å². The summed E-state index contributed by atoms with van der Waals surface area (Å²) in [6.07, 6.45) is 0.733. The molecule has 0 radical (unpaired) electrons. The van der Waals surface area contributed by atoms with Crippen molar-refractivity contribution in [1.29, 1.82) is 0 Å². The number of nitrogens with zero attached hydrogens (tertiary/aromatic N) is 3. The van der Waals surface area contributed by atoms with Crippen LogP contribution in [0.15, 0.2) is 6.07 Å². The lowest BCUT2D eigenvalue weighted by atomic mass is 9.89. The van der Waals surface area contributed by atoms with Crippen molar-refractivity contribution < 1.29 is 4.79 Å². The molecule has 0 aliphatic carbocycles. The minimum Gasteiger partial charge on any atom is -0.369 e. The van der Waals surface area contributed by atoms with E-state index in [1.54, 1.807) is 0 Å². The van der Waals surface area contributed by atoms with Crippen LogP contribution in [0.25, 0.3) is 0 Å². The van der Waals surface area contributed by atoms with E-state index in [9.17, 15) is 4.79 Å². The molecule has 0 aromatic carbocycles. The number of carbonyl (C=O) groups is 1. The number of nitrogen functional groups attached to an aromatic ring is 1. The second kappa shape index (κ2) is 4.41. The van der Waals surface area contributed by atoms with Crippen molar-refractivity contribution in [2.45, 2.75) is 20.3 Å². The number of nitrogens with two attached hydrogens (primary N) is 2. The van der Waals surface area contributed by atoms with Gasteiger partial charge in [-0.2, -0.15) is 4.98 Å². The van der Waals surface area contributed by atoms with E-state index in [-0.39, 0.29) is 5.91 Å². The highest BCUT2D eigenvalue weighted by Crippen LogP contribution is 2.32. The largest absolute Gasteiger partial charge is 0.369 e. The number of hydrazine groups is 1. The van der Waals surface area contributed by atoms with Crippen LogP contribution in [-0.4, -0.2) is 29.0 Å². The molecule has 1 fully saturated rings. The summed E-state index contributed by atoms with van der Waals surface area (Å²) in [6, 6.07) is 1.87. The summed E-state index contributed by atoms with van der Waals surface area (Å²) >= 11 is 0. The van der Waals surface area contributed by atoms with Crippen molar-refractivity contribution in [2.75, 3.05) is 23.4 Å². The molecule has 1 atom stereocenters. The van der Waals surface area contributed by atoms with Crippen molar-refractivity contribution in [3.8, 4) is 0 Å². The molecule has 0 bridgehead atoms. The van der Waals surface area contributed by atoms with Crippen LogP contribution in [0, 0.1) is 12.3 Å². The Balaban J connectivity index is 2.24. The second-order valence-corrected chi connectivity index (χ2v) is 4.93. The maximum absolute atomic E-state index is 11.4. The van der Waals surface area contributed by atoms with Crippen molar-refractivity contribution in [2.24, 2.45) is 17.0 Å². The number of aryl methyl sites for hydroxylation is 1. The molecule has 1 amide bonds. The molecular formula is C11H18N6O. The Morgan fingerprint density at radius 2 is 2.28 bits per heavy atom. The smallest absolute Gasteiger partial charge is 0.239 e. The zero-order valence-corrected chi connectivity index (χ0v) is 10.6.